The summed E-state index contributed by atoms with van der Waals surface area (Å²) >= 11 is 0. The van der Waals surface area contributed by atoms with Crippen LogP contribution in [0.3, 0.4) is 0 Å². The van der Waals surface area contributed by atoms with Crippen LogP contribution in [0.25, 0.3) is 11.1 Å². The minimum absolute atomic E-state index is 0.459. The normalized spacial score (nSPS) is 10.3. The zero-order valence-electron chi connectivity index (χ0n) is 11.5. The van der Waals surface area contributed by atoms with Crippen molar-refractivity contribution >= 4 is 11.4 Å². The van der Waals surface area contributed by atoms with E-state index in [0.717, 1.165) is 16.9 Å². The van der Waals surface area contributed by atoms with E-state index in [1.807, 2.05) is 72.8 Å². The molecule has 3 nitrogen and oxygen atoms in total. The molecule has 3 rings (SSSR count). The number of rotatable bonds is 3. The molecule has 0 fully saturated rings. The molecule has 0 atom stereocenters. The number of para-hydroxylation sites is 1. The Labute approximate surface area is 123 Å². The summed E-state index contributed by atoms with van der Waals surface area (Å²) in [6, 6.07) is 23.2. The molecule has 0 amide bonds. The van der Waals surface area contributed by atoms with Gasteiger partial charge in [0.2, 0.25) is 0 Å². The minimum atomic E-state index is 0.459. The van der Waals surface area contributed by atoms with E-state index in [2.05, 4.69) is 0 Å². The van der Waals surface area contributed by atoms with Crippen LogP contribution in [0.4, 0.5) is 11.4 Å². The maximum Gasteiger partial charge on any atom is 0.152 e. The summed E-state index contributed by atoms with van der Waals surface area (Å²) in [7, 11) is 0. The number of nitrogens with two attached hydrogens (primary N) is 2. The van der Waals surface area contributed by atoms with Gasteiger partial charge in [-0.3, -0.25) is 0 Å². The molecule has 21 heavy (non-hydrogen) atoms. The minimum Gasteiger partial charge on any atom is -0.455 e. The standard InChI is InChI=1S/C18H16N2O/c19-17-15(13-7-3-1-4-8-13)11-12-16(18(17)20)21-14-9-5-2-6-10-14/h1-12H,19-20H2. The molecule has 0 spiro atoms. The lowest BCUT2D eigenvalue weighted by Crippen LogP contribution is -2.00. The first kappa shape index (κ1) is 13.1. The highest BCUT2D eigenvalue weighted by Crippen LogP contribution is 2.38. The number of hydrogen-bond acceptors (Lipinski definition) is 3. The van der Waals surface area contributed by atoms with E-state index >= 15 is 0 Å². The number of anilines is 2. The summed E-state index contributed by atoms with van der Waals surface area (Å²) in [5, 5.41) is 0. The molecule has 0 saturated carbocycles. The largest absolute Gasteiger partial charge is 0.455 e. The lowest BCUT2D eigenvalue weighted by molar-refractivity contribution is 0.485. The van der Waals surface area contributed by atoms with Crippen molar-refractivity contribution in [3.63, 3.8) is 0 Å². The monoisotopic (exact) mass is 276 g/mol. The molecular weight excluding hydrogens is 260 g/mol. The van der Waals surface area contributed by atoms with E-state index < -0.39 is 0 Å². The molecule has 104 valence electrons. The summed E-state index contributed by atoms with van der Waals surface area (Å²) in [5.74, 6) is 1.30. The molecule has 0 heterocycles. The topological polar surface area (TPSA) is 61.3 Å². The first-order chi connectivity index (χ1) is 10.3. The second-order valence-corrected chi connectivity index (χ2v) is 4.72. The summed E-state index contributed by atoms with van der Waals surface area (Å²) in [6.45, 7) is 0. The van der Waals surface area contributed by atoms with Crippen LogP contribution in [-0.4, -0.2) is 0 Å². The molecule has 0 bridgehead atoms. The molecule has 0 unspecified atom stereocenters. The highest BCUT2D eigenvalue weighted by Gasteiger charge is 2.11. The van der Waals surface area contributed by atoms with Gasteiger partial charge in [-0.15, -0.1) is 0 Å². The van der Waals surface area contributed by atoms with Crippen molar-refractivity contribution < 1.29 is 4.74 Å². The Bertz CT molecular complexity index is 740. The van der Waals surface area contributed by atoms with Crippen molar-refractivity contribution in [1.82, 2.24) is 0 Å². The average Bonchev–Trinajstić information content (AvgIpc) is 2.54. The summed E-state index contributed by atoms with van der Waals surface area (Å²) in [6.07, 6.45) is 0. The van der Waals surface area contributed by atoms with Crippen molar-refractivity contribution in [2.45, 2.75) is 0 Å². The fourth-order valence-corrected chi connectivity index (χ4v) is 2.19. The Morgan fingerprint density at radius 3 is 1.90 bits per heavy atom. The molecule has 4 N–H and O–H groups in total. The van der Waals surface area contributed by atoms with Gasteiger partial charge < -0.3 is 16.2 Å². The van der Waals surface area contributed by atoms with Gasteiger partial charge in [0, 0.05) is 5.56 Å². The van der Waals surface area contributed by atoms with Crippen LogP contribution in [0.1, 0.15) is 0 Å². The molecule has 0 saturated heterocycles. The van der Waals surface area contributed by atoms with Crippen LogP contribution in [0.5, 0.6) is 11.5 Å². The van der Waals surface area contributed by atoms with Gasteiger partial charge in [0.25, 0.3) is 0 Å². The highest BCUT2D eigenvalue weighted by molar-refractivity contribution is 5.87. The van der Waals surface area contributed by atoms with Crippen LogP contribution in [0.15, 0.2) is 72.8 Å². The Kier molecular flexibility index (Phi) is 3.48. The third-order valence-electron chi connectivity index (χ3n) is 3.30. The second-order valence-electron chi connectivity index (χ2n) is 4.72. The van der Waals surface area contributed by atoms with Crippen LogP contribution in [0.2, 0.25) is 0 Å². The van der Waals surface area contributed by atoms with Crippen LogP contribution >= 0.6 is 0 Å². The number of benzene rings is 3. The number of hydrogen-bond donors (Lipinski definition) is 2. The van der Waals surface area contributed by atoms with E-state index in [4.69, 9.17) is 16.2 Å². The molecule has 0 aliphatic carbocycles. The number of nitrogen functional groups attached to an aromatic ring is 2. The molecule has 3 heteroatoms. The summed E-state index contributed by atoms with van der Waals surface area (Å²) in [4.78, 5) is 0. The van der Waals surface area contributed by atoms with Gasteiger partial charge in [0.1, 0.15) is 5.75 Å². The highest BCUT2D eigenvalue weighted by atomic mass is 16.5. The zero-order valence-corrected chi connectivity index (χ0v) is 11.5. The van der Waals surface area contributed by atoms with Crippen molar-refractivity contribution in [2.24, 2.45) is 0 Å². The summed E-state index contributed by atoms with van der Waals surface area (Å²) < 4.78 is 5.78. The van der Waals surface area contributed by atoms with E-state index in [-0.39, 0.29) is 0 Å². The van der Waals surface area contributed by atoms with Crippen molar-refractivity contribution in [2.75, 3.05) is 11.5 Å². The molecule has 3 aromatic rings. The Morgan fingerprint density at radius 1 is 0.619 bits per heavy atom. The predicted molar refractivity (Wildman–Crippen MR) is 87.2 cm³/mol. The molecule has 0 aliphatic rings. The number of ether oxygens (including phenoxy) is 1. The van der Waals surface area contributed by atoms with E-state index in [0.29, 0.717) is 17.1 Å². The first-order valence-electron chi connectivity index (χ1n) is 6.72. The van der Waals surface area contributed by atoms with Crippen LogP contribution in [0, 0.1) is 0 Å². The van der Waals surface area contributed by atoms with Crippen molar-refractivity contribution in [1.29, 1.82) is 0 Å². The third-order valence-corrected chi connectivity index (χ3v) is 3.30. The second kappa shape index (κ2) is 5.59. The van der Waals surface area contributed by atoms with Gasteiger partial charge in [-0.25, -0.2) is 0 Å². The lowest BCUT2D eigenvalue weighted by Gasteiger charge is -2.13. The van der Waals surface area contributed by atoms with Gasteiger partial charge in [0.05, 0.1) is 11.4 Å². The maximum absolute atomic E-state index is 6.16. The van der Waals surface area contributed by atoms with Crippen LogP contribution in [-0.2, 0) is 0 Å². The SMILES string of the molecule is Nc1c(Oc2ccccc2)ccc(-c2ccccc2)c1N. The van der Waals surface area contributed by atoms with Gasteiger partial charge in [-0.05, 0) is 29.8 Å². The average molecular weight is 276 g/mol. The van der Waals surface area contributed by atoms with Gasteiger partial charge >= 0.3 is 0 Å². The molecule has 0 aromatic heterocycles. The summed E-state index contributed by atoms with van der Waals surface area (Å²) in [5.41, 5.74) is 15.2. The van der Waals surface area contributed by atoms with Crippen molar-refractivity contribution in [3.8, 4) is 22.6 Å². The quantitative estimate of drug-likeness (QED) is 0.701. The Hall–Kier alpha value is -2.94. The molecule has 0 radical (unpaired) electrons. The van der Waals surface area contributed by atoms with Crippen LogP contribution < -0.4 is 16.2 Å². The fraction of sp³-hybridized carbons (Fsp3) is 0. The fourth-order valence-electron chi connectivity index (χ4n) is 2.19. The zero-order chi connectivity index (χ0) is 14.7. The molecule has 3 aromatic carbocycles. The van der Waals surface area contributed by atoms with Gasteiger partial charge in [0.15, 0.2) is 5.75 Å². The molecular formula is C18H16N2O. The maximum atomic E-state index is 6.16. The first-order valence-corrected chi connectivity index (χ1v) is 6.72. The Morgan fingerprint density at radius 2 is 1.24 bits per heavy atom. The lowest BCUT2D eigenvalue weighted by atomic mass is 10.0. The van der Waals surface area contributed by atoms with Crippen molar-refractivity contribution in [3.05, 3.63) is 72.8 Å². The van der Waals surface area contributed by atoms with Gasteiger partial charge in [-0.1, -0.05) is 48.5 Å². The third kappa shape index (κ3) is 2.67. The van der Waals surface area contributed by atoms with E-state index in [9.17, 15) is 0 Å². The Balaban J connectivity index is 1.97. The van der Waals surface area contributed by atoms with Gasteiger partial charge in [-0.2, -0.15) is 0 Å². The predicted octanol–water partition coefficient (Wildman–Crippen LogP) is 4.31. The molecule has 0 aliphatic heterocycles. The van der Waals surface area contributed by atoms with E-state index in [1.54, 1.807) is 0 Å². The van der Waals surface area contributed by atoms with E-state index in [1.165, 1.54) is 0 Å². The smallest absolute Gasteiger partial charge is 0.152 e.